The maximum absolute atomic E-state index is 12.6. The molecule has 0 spiro atoms. The molecule has 0 amide bonds. The largest absolute Gasteiger partial charge is 0.472 e. The maximum Gasteiger partial charge on any atom is 0.472 e. The minimum absolute atomic E-state index is 0. The topological polar surface area (TPSA) is 149 Å². The Hall–Kier alpha value is -1.07. The first-order valence-electron chi connectivity index (χ1n) is 20.6. The Balaban J connectivity index is 0. The second-order valence-electron chi connectivity index (χ2n) is 13.7. The van der Waals surface area contributed by atoms with Crippen molar-refractivity contribution in [3.8, 4) is 0 Å². The van der Waals surface area contributed by atoms with Crippen molar-refractivity contribution < 1.29 is 47.8 Å². The number of phosphoric acid groups is 1. The third-order valence-corrected chi connectivity index (χ3v) is 9.41. The summed E-state index contributed by atoms with van der Waals surface area (Å²) in [6.07, 6.45) is 39.3. The van der Waals surface area contributed by atoms with Gasteiger partial charge in [-0.05, 0) is 77.0 Å². The molecular weight excluding hydrogens is 718 g/mol. The third-order valence-electron chi connectivity index (χ3n) is 8.46. The van der Waals surface area contributed by atoms with Crippen molar-refractivity contribution >= 4 is 49.3 Å². The Labute approximate surface area is 350 Å². The summed E-state index contributed by atoms with van der Waals surface area (Å²) in [5.74, 6) is -0.960. The first kappa shape index (κ1) is 55.0. The van der Waals surface area contributed by atoms with E-state index in [9.17, 15) is 24.2 Å². The molecule has 0 bridgehead atoms. The van der Waals surface area contributed by atoms with E-state index in [0.717, 1.165) is 89.9 Å². The molecule has 10 nitrogen and oxygen atoms in total. The fourth-order valence-electron chi connectivity index (χ4n) is 5.23. The molecule has 0 rings (SSSR count). The molecular formula is C42H75NaO10P. The molecule has 0 aromatic rings. The van der Waals surface area contributed by atoms with E-state index in [1.165, 1.54) is 38.5 Å². The molecule has 0 fully saturated rings. The number of carbonyl (C=O) groups excluding carboxylic acids is 2. The fraction of sp³-hybridized carbons (Fsp3) is 0.762. The number of hydrogen-bond donors (Lipinski definition) is 3. The summed E-state index contributed by atoms with van der Waals surface area (Å²) in [6.45, 7) is 2.28. The average molecular weight is 794 g/mol. The van der Waals surface area contributed by atoms with Gasteiger partial charge in [-0.3, -0.25) is 18.6 Å². The Kier molecular flexibility index (Phi) is 42.4. The smallest absolute Gasteiger partial charge is 0.462 e. The van der Waals surface area contributed by atoms with Crippen LogP contribution in [0, 0.1) is 0 Å². The molecule has 54 heavy (non-hydrogen) atoms. The number of phosphoric ester groups is 1. The zero-order valence-electron chi connectivity index (χ0n) is 34.2. The predicted octanol–water partition coefficient (Wildman–Crippen LogP) is 10.2. The molecule has 0 saturated heterocycles. The third kappa shape index (κ3) is 40.6. The number of rotatable bonds is 38. The molecule has 3 N–H and O–H groups in total. The summed E-state index contributed by atoms with van der Waals surface area (Å²) in [7, 11) is -4.62. The molecule has 3 atom stereocenters. The first-order chi connectivity index (χ1) is 25.7. The molecule has 12 heteroatoms. The van der Waals surface area contributed by atoms with Crippen LogP contribution in [-0.4, -0.2) is 95.2 Å². The van der Waals surface area contributed by atoms with Crippen molar-refractivity contribution in [1.82, 2.24) is 0 Å². The summed E-state index contributed by atoms with van der Waals surface area (Å²) < 4.78 is 32.6. The second-order valence-corrected chi connectivity index (χ2v) is 15.1. The molecule has 0 heterocycles. The van der Waals surface area contributed by atoms with Crippen molar-refractivity contribution in [3.63, 3.8) is 0 Å². The maximum atomic E-state index is 12.6. The van der Waals surface area contributed by atoms with Gasteiger partial charge in [-0.25, -0.2) is 4.57 Å². The van der Waals surface area contributed by atoms with Crippen molar-refractivity contribution in [3.05, 3.63) is 48.6 Å². The van der Waals surface area contributed by atoms with Gasteiger partial charge in [0, 0.05) is 42.4 Å². The van der Waals surface area contributed by atoms with Gasteiger partial charge in [0.15, 0.2) is 6.10 Å². The number of ether oxygens (including phenoxy) is 2. The van der Waals surface area contributed by atoms with Gasteiger partial charge < -0.3 is 24.6 Å². The van der Waals surface area contributed by atoms with E-state index in [1.54, 1.807) is 0 Å². The normalized spacial score (nSPS) is 14.2. The minimum Gasteiger partial charge on any atom is -0.462 e. The van der Waals surface area contributed by atoms with E-state index in [0.29, 0.717) is 12.8 Å². The number of allylic oxidation sites excluding steroid dienone is 8. The van der Waals surface area contributed by atoms with Gasteiger partial charge >= 0.3 is 19.8 Å². The molecule has 1 radical (unpaired) electrons. The van der Waals surface area contributed by atoms with E-state index < -0.39 is 51.8 Å². The number of esters is 2. The number of carbonyl (C=O) groups is 2. The Morgan fingerprint density at radius 2 is 0.981 bits per heavy atom. The van der Waals surface area contributed by atoms with Crippen LogP contribution in [0.3, 0.4) is 0 Å². The fourth-order valence-corrected chi connectivity index (χ4v) is 6.02. The summed E-state index contributed by atoms with van der Waals surface area (Å²) >= 11 is 0. The zero-order chi connectivity index (χ0) is 39.1. The number of unbranched alkanes of at least 4 members (excludes halogenated alkanes) is 16. The van der Waals surface area contributed by atoms with E-state index in [2.05, 4.69) is 67.0 Å². The number of aliphatic hydroxyl groups excluding tert-OH is 2. The van der Waals surface area contributed by atoms with Gasteiger partial charge in [-0.15, -0.1) is 0 Å². The van der Waals surface area contributed by atoms with Gasteiger partial charge in [0.1, 0.15) is 12.7 Å². The van der Waals surface area contributed by atoms with E-state index in [1.807, 2.05) is 0 Å². The standard InChI is InChI=1S/C42H75O10P.Na/c1-3-5-7-9-11-13-15-17-19-21-23-25-27-29-31-33-41(45)49-37-40(38-51-53(47,48)50-36-39(44)35-43)52-42(46)34-32-30-28-26-24-22-20-18-16-14-12-10-8-6-4-2;/h11-14,17-20,39-40,43-44H,3-10,15-16,21-38H2,1-2H3,(H,47,48);/b13-11-,14-12-,19-17-,20-18-;/t39?,40-;/m1./s1. The van der Waals surface area contributed by atoms with E-state index >= 15 is 0 Å². The Bertz CT molecular complexity index is 1030. The average Bonchev–Trinajstić information content (AvgIpc) is 3.14. The van der Waals surface area contributed by atoms with Crippen LogP contribution in [0.1, 0.15) is 168 Å². The van der Waals surface area contributed by atoms with Crippen LogP contribution in [0.5, 0.6) is 0 Å². The molecule has 0 aliphatic rings. The van der Waals surface area contributed by atoms with Gasteiger partial charge in [0.05, 0.1) is 19.8 Å². The molecule has 0 aromatic carbocycles. The summed E-state index contributed by atoms with van der Waals surface area (Å²) in [5.41, 5.74) is 0. The van der Waals surface area contributed by atoms with Gasteiger partial charge in [0.2, 0.25) is 0 Å². The Morgan fingerprint density at radius 1 is 0.574 bits per heavy atom. The van der Waals surface area contributed by atoms with Crippen LogP contribution >= 0.6 is 7.82 Å². The first-order valence-corrected chi connectivity index (χ1v) is 22.1. The van der Waals surface area contributed by atoms with E-state index in [4.69, 9.17) is 19.1 Å². The van der Waals surface area contributed by atoms with Crippen LogP contribution in [-0.2, 0) is 32.7 Å². The van der Waals surface area contributed by atoms with Crippen LogP contribution in [0.2, 0.25) is 0 Å². The second kappa shape index (κ2) is 41.6. The van der Waals surface area contributed by atoms with Gasteiger partial charge in [0.25, 0.3) is 0 Å². The van der Waals surface area contributed by atoms with Crippen molar-refractivity contribution in [1.29, 1.82) is 0 Å². The minimum atomic E-state index is -4.62. The quantitative estimate of drug-likeness (QED) is 0.0181. The summed E-state index contributed by atoms with van der Waals surface area (Å²) in [4.78, 5) is 34.9. The van der Waals surface area contributed by atoms with Crippen molar-refractivity contribution in [2.75, 3.05) is 26.4 Å². The van der Waals surface area contributed by atoms with Crippen LogP contribution < -0.4 is 0 Å². The molecule has 0 saturated carbocycles. The number of aliphatic hydroxyl groups is 2. The van der Waals surface area contributed by atoms with Gasteiger partial charge in [-0.1, -0.05) is 127 Å². The van der Waals surface area contributed by atoms with Crippen LogP contribution in [0.15, 0.2) is 48.6 Å². The molecule has 0 aliphatic heterocycles. The summed E-state index contributed by atoms with van der Waals surface area (Å²) in [6, 6.07) is 0. The SMILES string of the molecule is CCCCC/C=C\C/C=C\CCCCCCCC(=O)OC[C@H](COP(=O)(O)OCC(O)CO)OC(=O)CCCCCCC/C=C\C/C=C\CCCCC.[Na]. The molecule has 0 aromatic heterocycles. The predicted molar refractivity (Wildman–Crippen MR) is 220 cm³/mol. The van der Waals surface area contributed by atoms with Gasteiger partial charge in [-0.2, -0.15) is 0 Å². The van der Waals surface area contributed by atoms with Crippen LogP contribution in [0.4, 0.5) is 0 Å². The summed E-state index contributed by atoms with van der Waals surface area (Å²) in [5, 5.41) is 18.3. The van der Waals surface area contributed by atoms with Crippen molar-refractivity contribution in [2.24, 2.45) is 0 Å². The monoisotopic (exact) mass is 793 g/mol. The molecule has 0 aliphatic carbocycles. The molecule has 2 unspecified atom stereocenters. The van der Waals surface area contributed by atoms with Crippen LogP contribution in [0.25, 0.3) is 0 Å². The number of hydrogen-bond acceptors (Lipinski definition) is 9. The van der Waals surface area contributed by atoms with E-state index in [-0.39, 0.29) is 49.0 Å². The molecule has 309 valence electrons. The zero-order valence-corrected chi connectivity index (χ0v) is 37.1. The van der Waals surface area contributed by atoms with Crippen molar-refractivity contribution in [2.45, 2.75) is 180 Å². The Morgan fingerprint density at radius 3 is 1.44 bits per heavy atom.